The summed E-state index contributed by atoms with van der Waals surface area (Å²) in [6.45, 7) is 0.270. The van der Waals surface area contributed by atoms with E-state index in [1.165, 1.54) is 11.3 Å². The number of carbonyl (C=O) groups excluding carboxylic acids is 2. The third-order valence-corrected chi connectivity index (χ3v) is 10.2. The highest BCUT2D eigenvalue weighted by atomic mass is 35.5. The highest BCUT2D eigenvalue weighted by Gasteiger charge is 2.61. The van der Waals surface area contributed by atoms with Crippen LogP contribution >= 0.6 is 22.9 Å². The molecule has 0 radical (unpaired) electrons. The summed E-state index contributed by atoms with van der Waals surface area (Å²) >= 11 is 7.56. The molecule has 2 fully saturated rings. The highest BCUT2D eigenvalue weighted by molar-refractivity contribution is 7.20. The van der Waals surface area contributed by atoms with Crippen LogP contribution in [0.3, 0.4) is 0 Å². The molecule has 1 amide bonds. The summed E-state index contributed by atoms with van der Waals surface area (Å²) < 4.78 is 7.30. The van der Waals surface area contributed by atoms with E-state index in [2.05, 4.69) is 11.1 Å². The highest BCUT2D eigenvalue weighted by Crippen LogP contribution is 2.57. The Hall–Kier alpha value is -3.23. The molecule has 9 heteroatoms. The van der Waals surface area contributed by atoms with Crippen molar-refractivity contribution < 1.29 is 24.2 Å². The molecule has 7 nitrogen and oxygen atoms in total. The molecule has 220 valence electrons. The Morgan fingerprint density at radius 2 is 1.93 bits per heavy atom. The number of carboxylic acid groups (broad SMARTS) is 1. The first-order valence-corrected chi connectivity index (χ1v) is 16.0. The predicted octanol–water partition coefficient (Wildman–Crippen LogP) is 6.73. The number of ketones is 1. The molecule has 5 atom stereocenters. The third-order valence-electron chi connectivity index (χ3n) is 9.04. The minimum absolute atomic E-state index is 0.0663. The SMILES string of the molecule is O=C1C[C@]2(C(=O)O)C[C@H]2/C=C\CCCCC[C@H](Cc2ccc(Cl)cc2)C(=O)N2C[C@H](Oc3nc4ccccc4s3)C[C@@H]12. The molecule has 42 heavy (non-hydrogen) atoms. The minimum Gasteiger partial charge on any atom is -0.481 e. The number of allylic oxidation sites excluding steroid dienone is 2. The van der Waals surface area contributed by atoms with E-state index in [4.69, 9.17) is 16.3 Å². The van der Waals surface area contributed by atoms with Crippen molar-refractivity contribution in [1.29, 1.82) is 0 Å². The summed E-state index contributed by atoms with van der Waals surface area (Å²) in [5.74, 6) is -1.65. The quantitative estimate of drug-likeness (QED) is 0.324. The lowest BCUT2D eigenvalue weighted by Crippen LogP contribution is -2.45. The Kier molecular flexibility index (Phi) is 8.37. The summed E-state index contributed by atoms with van der Waals surface area (Å²) in [5.41, 5.74) is 0.780. The molecule has 1 N–H and O–H groups in total. The lowest BCUT2D eigenvalue weighted by Gasteiger charge is -2.29. The summed E-state index contributed by atoms with van der Waals surface area (Å²) in [5, 5.41) is 11.3. The monoisotopic (exact) mass is 606 g/mol. The number of para-hydroxylation sites is 1. The van der Waals surface area contributed by atoms with Gasteiger partial charge >= 0.3 is 5.97 Å². The Labute approximate surface area is 254 Å². The number of carbonyl (C=O) groups is 3. The molecule has 1 aliphatic carbocycles. The first kappa shape index (κ1) is 28.9. The molecule has 1 saturated carbocycles. The third kappa shape index (κ3) is 6.11. The smallest absolute Gasteiger partial charge is 0.310 e. The zero-order chi connectivity index (χ0) is 29.3. The van der Waals surface area contributed by atoms with E-state index >= 15 is 0 Å². The summed E-state index contributed by atoms with van der Waals surface area (Å²) in [6.07, 6.45) is 9.35. The molecule has 0 bridgehead atoms. The van der Waals surface area contributed by atoms with Gasteiger partial charge in [-0.3, -0.25) is 14.4 Å². The topological polar surface area (TPSA) is 96.8 Å². The van der Waals surface area contributed by atoms with Gasteiger partial charge in [0, 0.05) is 23.8 Å². The van der Waals surface area contributed by atoms with Gasteiger partial charge in [0.15, 0.2) is 5.78 Å². The summed E-state index contributed by atoms with van der Waals surface area (Å²) in [6, 6.07) is 14.6. The lowest BCUT2D eigenvalue weighted by atomic mass is 9.90. The maximum absolute atomic E-state index is 14.3. The van der Waals surface area contributed by atoms with E-state index in [0.717, 1.165) is 41.5 Å². The number of amides is 1. The van der Waals surface area contributed by atoms with Crippen LogP contribution in [0.15, 0.2) is 60.7 Å². The maximum Gasteiger partial charge on any atom is 0.310 e. The van der Waals surface area contributed by atoms with Crippen LogP contribution in [0.5, 0.6) is 5.19 Å². The van der Waals surface area contributed by atoms with Crippen molar-refractivity contribution in [2.45, 2.75) is 69.9 Å². The van der Waals surface area contributed by atoms with Gasteiger partial charge in [-0.1, -0.05) is 72.2 Å². The molecule has 2 aromatic carbocycles. The average Bonchev–Trinajstić information content (AvgIpc) is 3.29. The van der Waals surface area contributed by atoms with Crippen LogP contribution in [0, 0.1) is 17.3 Å². The molecule has 3 heterocycles. The van der Waals surface area contributed by atoms with Gasteiger partial charge in [0.2, 0.25) is 5.91 Å². The number of hydrogen-bond acceptors (Lipinski definition) is 6. The van der Waals surface area contributed by atoms with Crippen molar-refractivity contribution in [2.75, 3.05) is 6.54 Å². The van der Waals surface area contributed by atoms with Gasteiger partial charge in [0.1, 0.15) is 6.10 Å². The van der Waals surface area contributed by atoms with Gasteiger partial charge in [0.05, 0.1) is 28.2 Å². The Morgan fingerprint density at radius 1 is 1.12 bits per heavy atom. The van der Waals surface area contributed by atoms with Crippen molar-refractivity contribution in [3.8, 4) is 5.19 Å². The number of ether oxygens (including phenoxy) is 1. The second-order valence-corrected chi connectivity index (χ2v) is 13.4. The second kappa shape index (κ2) is 12.2. The van der Waals surface area contributed by atoms with Crippen molar-refractivity contribution in [2.24, 2.45) is 17.3 Å². The number of fused-ring (bicyclic) bond motifs is 3. The van der Waals surface area contributed by atoms with Crippen LogP contribution in [0.4, 0.5) is 0 Å². The second-order valence-electron chi connectivity index (χ2n) is 11.9. The fourth-order valence-electron chi connectivity index (χ4n) is 6.56. The van der Waals surface area contributed by atoms with E-state index in [1.54, 1.807) is 4.90 Å². The molecule has 1 aromatic heterocycles. The van der Waals surface area contributed by atoms with Gasteiger partial charge in [-0.15, -0.1) is 0 Å². The van der Waals surface area contributed by atoms with E-state index in [-0.39, 0.29) is 36.5 Å². The zero-order valence-electron chi connectivity index (χ0n) is 23.4. The molecular weight excluding hydrogens is 572 g/mol. The van der Waals surface area contributed by atoms with Gasteiger partial charge in [-0.05, 0) is 67.9 Å². The molecule has 3 aliphatic rings. The Morgan fingerprint density at radius 3 is 2.71 bits per heavy atom. The van der Waals surface area contributed by atoms with E-state index in [0.29, 0.717) is 35.9 Å². The number of nitrogens with zero attached hydrogens (tertiary/aromatic N) is 2. The van der Waals surface area contributed by atoms with Gasteiger partial charge in [0.25, 0.3) is 5.19 Å². The molecule has 2 aliphatic heterocycles. The first-order chi connectivity index (χ1) is 20.3. The number of hydrogen-bond donors (Lipinski definition) is 1. The standard InChI is InChI=1S/C33H35ClN2O5S/c34-24-14-12-21(13-15-24)16-22-8-4-2-1-3-5-9-23-18-33(23,31(39)40)19-28(37)27-17-25(20-36(27)30(22)38)41-32-35-26-10-6-7-11-29(26)42-32/h5-7,9-15,22-23,25,27H,1-4,8,16-20H2,(H,39,40)/b9-5-/t22-,23-,25-,27+,33-/m1/s1. The lowest BCUT2D eigenvalue weighted by molar-refractivity contribution is -0.147. The molecule has 6 rings (SSSR count). The van der Waals surface area contributed by atoms with E-state index < -0.39 is 23.5 Å². The van der Waals surface area contributed by atoms with Gasteiger partial charge < -0.3 is 14.7 Å². The van der Waals surface area contributed by atoms with Crippen LogP contribution < -0.4 is 4.74 Å². The number of halogens is 1. The zero-order valence-corrected chi connectivity index (χ0v) is 25.0. The maximum atomic E-state index is 14.3. The van der Waals surface area contributed by atoms with Crippen LogP contribution in [-0.4, -0.2) is 51.3 Å². The number of aromatic nitrogens is 1. The number of rotatable bonds is 5. The number of carboxylic acids is 1. The number of benzene rings is 2. The van der Waals surface area contributed by atoms with Crippen LogP contribution in [0.25, 0.3) is 10.2 Å². The summed E-state index contributed by atoms with van der Waals surface area (Å²) in [7, 11) is 0. The molecule has 0 unspecified atom stereocenters. The fraction of sp³-hybridized carbons (Fsp3) is 0.455. The largest absolute Gasteiger partial charge is 0.481 e. The normalized spacial score (nSPS) is 29.3. The minimum atomic E-state index is -1.09. The van der Waals surface area contributed by atoms with Crippen LogP contribution in [0.2, 0.25) is 5.02 Å². The van der Waals surface area contributed by atoms with Gasteiger partial charge in [-0.2, -0.15) is 0 Å². The van der Waals surface area contributed by atoms with Crippen molar-refractivity contribution >= 4 is 50.8 Å². The van der Waals surface area contributed by atoms with E-state index in [9.17, 15) is 19.5 Å². The Bertz CT molecular complexity index is 1470. The molecule has 0 spiro atoms. The first-order valence-electron chi connectivity index (χ1n) is 14.8. The Balaban J connectivity index is 1.28. The molecular formula is C33H35ClN2O5S. The predicted molar refractivity (Wildman–Crippen MR) is 163 cm³/mol. The number of thiazole rings is 1. The van der Waals surface area contributed by atoms with Crippen LogP contribution in [-0.2, 0) is 20.8 Å². The van der Waals surface area contributed by atoms with Gasteiger partial charge in [-0.25, -0.2) is 4.98 Å². The van der Waals surface area contributed by atoms with E-state index in [1.807, 2.05) is 54.6 Å². The van der Waals surface area contributed by atoms with Crippen molar-refractivity contribution in [1.82, 2.24) is 9.88 Å². The number of Topliss-reactive ketones (excluding diaryl/α,β-unsaturated/α-hetero) is 1. The molecule has 1 saturated heterocycles. The fourth-order valence-corrected chi connectivity index (χ4v) is 7.56. The van der Waals surface area contributed by atoms with Crippen molar-refractivity contribution in [3.63, 3.8) is 0 Å². The van der Waals surface area contributed by atoms with Crippen molar-refractivity contribution in [3.05, 3.63) is 71.3 Å². The molecule has 3 aromatic rings. The number of aliphatic carboxylic acids is 1. The summed E-state index contributed by atoms with van der Waals surface area (Å²) in [4.78, 5) is 46.8. The average molecular weight is 607 g/mol. The van der Waals surface area contributed by atoms with Crippen LogP contribution in [0.1, 0.15) is 56.9 Å².